The van der Waals surface area contributed by atoms with Gasteiger partial charge in [-0.05, 0) is 12.1 Å². The number of carbonyl (C=O) groups excluding carboxylic acids is 3. The van der Waals surface area contributed by atoms with Crippen LogP contribution in [-0.4, -0.2) is 49.3 Å². The number of benzene rings is 1. The molecule has 1 unspecified atom stereocenters. The standard InChI is InChI=1S/C19H25N3O6S/c1-19(2)10-27-16(28-11-19)7-8-26-18(25)22-21-15(23)9-14-17(24)20-12-5-3-4-6-13(12)29-14/h3-6,14,16H,7-11H2,1-2H3,(H,20,24)(H,21,23)(H,22,25). The molecule has 0 radical (unpaired) electrons. The van der Waals surface area contributed by atoms with Gasteiger partial charge in [0.1, 0.15) is 0 Å². The van der Waals surface area contributed by atoms with Crippen molar-refractivity contribution in [3.63, 3.8) is 0 Å². The maximum Gasteiger partial charge on any atom is 0.426 e. The summed E-state index contributed by atoms with van der Waals surface area (Å²) in [5, 5.41) is 2.19. The molecule has 2 aliphatic heterocycles. The smallest absolute Gasteiger partial charge is 0.426 e. The molecule has 1 aromatic rings. The zero-order valence-corrected chi connectivity index (χ0v) is 17.2. The average molecular weight is 423 g/mol. The summed E-state index contributed by atoms with van der Waals surface area (Å²) in [6.07, 6.45) is -0.879. The molecule has 9 nitrogen and oxygen atoms in total. The van der Waals surface area contributed by atoms with Gasteiger partial charge >= 0.3 is 6.09 Å². The highest BCUT2D eigenvalue weighted by Crippen LogP contribution is 2.36. The lowest BCUT2D eigenvalue weighted by molar-refractivity contribution is -0.225. The quantitative estimate of drug-likeness (QED) is 0.621. The summed E-state index contributed by atoms with van der Waals surface area (Å²) >= 11 is 1.31. The van der Waals surface area contributed by atoms with Crippen LogP contribution in [0.3, 0.4) is 0 Å². The van der Waals surface area contributed by atoms with Gasteiger partial charge in [0.25, 0.3) is 0 Å². The molecule has 0 aromatic heterocycles. The van der Waals surface area contributed by atoms with Gasteiger partial charge in [-0.15, -0.1) is 11.8 Å². The molecule has 0 bridgehead atoms. The monoisotopic (exact) mass is 423 g/mol. The summed E-state index contributed by atoms with van der Waals surface area (Å²) in [6.45, 7) is 5.34. The Morgan fingerprint density at radius 1 is 1.24 bits per heavy atom. The summed E-state index contributed by atoms with van der Waals surface area (Å²) in [5.74, 6) is -0.739. The van der Waals surface area contributed by atoms with E-state index in [-0.39, 0.29) is 24.3 Å². The molecule has 0 aliphatic carbocycles. The van der Waals surface area contributed by atoms with Gasteiger partial charge in [0.05, 0.1) is 30.8 Å². The fourth-order valence-electron chi connectivity index (χ4n) is 2.74. The number of carbonyl (C=O) groups is 3. The van der Waals surface area contributed by atoms with Crippen molar-refractivity contribution in [3.8, 4) is 0 Å². The molecule has 1 fully saturated rings. The van der Waals surface area contributed by atoms with Crippen molar-refractivity contribution in [1.29, 1.82) is 0 Å². The fraction of sp³-hybridized carbons (Fsp3) is 0.526. The Bertz CT molecular complexity index is 762. The Hall–Kier alpha value is -2.30. The molecular weight excluding hydrogens is 398 g/mol. The van der Waals surface area contributed by atoms with E-state index < -0.39 is 23.5 Å². The molecule has 1 aromatic carbocycles. The van der Waals surface area contributed by atoms with Crippen molar-refractivity contribution < 1.29 is 28.6 Å². The van der Waals surface area contributed by atoms with Crippen LogP contribution >= 0.6 is 11.8 Å². The van der Waals surface area contributed by atoms with E-state index in [0.717, 1.165) is 10.6 Å². The second-order valence-electron chi connectivity index (χ2n) is 7.61. The minimum atomic E-state index is -0.791. The third kappa shape index (κ3) is 6.34. The lowest BCUT2D eigenvalue weighted by Gasteiger charge is -2.34. The molecule has 2 aliphatic rings. The SMILES string of the molecule is CC1(C)COC(CCOC(=O)NNC(=O)CC2Sc3ccccc3NC2=O)OC1. The zero-order chi connectivity index (χ0) is 20.9. The number of hydrogen-bond donors (Lipinski definition) is 3. The van der Waals surface area contributed by atoms with E-state index in [1.165, 1.54) is 11.8 Å². The number of hydrogen-bond acceptors (Lipinski definition) is 7. The Balaban J connectivity index is 1.32. The van der Waals surface area contributed by atoms with Crippen LogP contribution in [0.4, 0.5) is 10.5 Å². The van der Waals surface area contributed by atoms with Gasteiger partial charge in [-0.1, -0.05) is 26.0 Å². The molecule has 3 amide bonds. The van der Waals surface area contributed by atoms with Crippen LogP contribution in [0.15, 0.2) is 29.2 Å². The van der Waals surface area contributed by atoms with E-state index >= 15 is 0 Å². The normalized spacial score (nSPS) is 20.9. The first-order chi connectivity index (χ1) is 13.8. The minimum absolute atomic E-state index is 0.0192. The molecular formula is C19H25N3O6S. The van der Waals surface area contributed by atoms with E-state index in [9.17, 15) is 14.4 Å². The predicted molar refractivity (Wildman–Crippen MR) is 106 cm³/mol. The largest absolute Gasteiger partial charge is 0.448 e. The Morgan fingerprint density at radius 2 is 1.97 bits per heavy atom. The summed E-state index contributed by atoms with van der Waals surface area (Å²) in [4.78, 5) is 36.7. The van der Waals surface area contributed by atoms with Crippen molar-refractivity contribution in [1.82, 2.24) is 10.9 Å². The molecule has 10 heteroatoms. The fourth-order valence-corrected chi connectivity index (χ4v) is 3.86. The molecule has 1 saturated heterocycles. The first kappa shape index (κ1) is 21.4. The lowest BCUT2D eigenvalue weighted by Crippen LogP contribution is -2.44. The van der Waals surface area contributed by atoms with Crippen LogP contribution in [-0.2, 0) is 23.8 Å². The molecule has 2 heterocycles. The highest BCUT2D eigenvalue weighted by molar-refractivity contribution is 8.01. The van der Waals surface area contributed by atoms with Crippen molar-refractivity contribution in [2.75, 3.05) is 25.1 Å². The van der Waals surface area contributed by atoms with Crippen LogP contribution in [0.2, 0.25) is 0 Å². The maximum absolute atomic E-state index is 12.1. The van der Waals surface area contributed by atoms with Crippen molar-refractivity contribution >= 4 is 35.4 Å². The Labute approximate surface area is 173 Å². The molecule has 29 heavy (non-hydrogen) atoms. The topological polar surface area (TPSA) is 115 Å². The Kier molecular flexibility index (Phi) is 6.99. The van der Waals surface area contributed by atoms with Gasteiger partial charge in [0, 0.05) is 23.2 Å². The zero-order valence-electron chi connectivity index (χ0n) is 16.4. The van der Waals surface area contributed by atoms with Gasteiger partial charge in [-0.25, -0.2) is 10.2 Å². The molecule has 0 spiro atoms. The number of rotatable bonds is 5. The summed E-state index contributed by atoms with van der Waals surface area (Å²) in [6, 6.07) is 7.37. The van der Waals surface area contributed by atoms with Gasteiger partial charge in [0.2, 0.25) is 11.8 Å². The van der Waals surface area contributed by atoms with Crippen molar-refractivity contribution in [2.24, 2.45) is 5.41 Å². The third-order valence-corrected chi connectivity index (χ3v) is 5.56. The van der Waals surface area contributed by atoms with Gasteiger partial charge in [-0.2, -0.15) is 0 Å². The maximum atomic E-state index is 12.1. The number of amides is 3. The van der Waals surface area contributed by atoms with E-state index in [4.69, 9.17) is 14.2 Å². The first-order valence-electron chi connectivity index (χ1n) is 9.34. The minimum Gasteiger partial charge on any atom is -0.448 e. The van der Waals surface area contributed by atoms with Crippen molar-refractivity contribution in [2.45, 2.75) is 43.1 Å². The molecule has 1 atom stereocenters. The average Bonchev–Trinajstić information content (AvgIpc) is 2.68. The second kappa shape index (κ2) is 9.47. The van der Waals surface area contributed by atoms with Gasteiger partial charge < -0.3 is 19.5 Å². The Morgan fingerprint density at radius 3 is 2.72 bits per heavy atom. The van der Waals surface area contributed by atoms with Crippen LogP contribution in [0.5, 0.6) is 0 Å². The van der Waals surface area contributed by atoms with E-state index in [0.29, 0.717) is 19.6 Å². The summed E-state index contributed by atoms with van der Waals surface area (Å²) < 4.78 is 16.1. The van der Waals surface area contributed by atoms with E-state index in [1.807, 2.05) is 32.0 Å². The number of nitrogens with one attached hydrogen (secondary N) is 3. The number of hydrazine groups is 1. The number of para-hydroxylation sites is 1. The molecule has 158 valence electrons. The van der Waals surface area contributed by atoms with Crippen LogP contribution in [0, 0.1) is 5.41 Å². The highest BCUT2D eigenvalue weighted by atomic mass is 32.2. The summed E-state index contributed by atoms with van der Waals surface area (Å²) in [7, 11) is 0. The van der Waals surface area contributed by atoms with Gasteiger partial charge in [0.15, 0.2) is 6.29 Å². The second-order valence-corrected chi connectivity index (χ2v) is 8.85. The first-order valence-corrected chi connectivity index (χ1v) is 10.2. The van der Waals surface area contributed by atoms with Crippen LogP contribution in [0.1, 0.15) is 26.7 Å². The lowest BCUT2D eigenvalue weighted by atomic mass is 9.95. The highest BCUT2D eigenvalue weighted by Gasteiger charge is 2.29. The van der Waals surface area contributed by atoms with Gasteiger partial charge in [-0.3, -0.25) is 15.0 Å². The van der Waals surface area contributed by atoms with E-state index in [1.54, 1.807) is 6.07 Å². The molecule has 3 rings (SSSR count). The van der Waals surface area contributed by atoms with Crippen molar-refractivity contribution in [3.05, 3.63) is 24.3 Å². The predicted octanol–water partition coefficient (Wildman–Crippen LogP) is 2.04. The molecule has 0 saturated carbocycles. The van der Waals surface area contributed by atoms with Crippen LogP contribution in [0.25, 0.3) is 0 Å². The summed E-state index contributed by atoms with van der Waals surface area (Å²) in [5.41, 5.74) is 5.14. The van der Waals surface area contributed by atoms with Crippen LogP contribution < -0.4 is 16.2 Å². The number of ether oxygens (including phenoxy) is 3. The van der Waals surface area contributed by atoms with E-state index in [2.05, 4.69) is 16.2 Å². The number of thioether (sulfide) groups is 1. The third-order valence-electron chi connectivity index (χ3n) is 4.29. The number of fused-ring (bicyclic) bond motifs is 1. The number of anilines is 1. The molecule has 3 N–H and O–H groups in total.